The van der Waals surface area contributed by atoms with Crippen LogP contribution in [0, 0.1) is 5.41 Å². The number of allylic oxidation sites excluding steroid dienone is 1. The third kappa shape index (κ3) is 2.53. The molecule has 1 aliphatic heterocycles. The van der Waals surface area contributed by atoms with Crippen LogP contribution >= 0.6 is 15.9 Å². The maximum Gasteiger partial charge on any atom is 0.0687 e. The third-order valence-electron chi connectivity index (χ3n) is 4.35. The molecule has 2 fully saturated rings. The van der Waals surface area contributed by atoms with E-state index >= 15 is 0 Å². The molecule has 2 aliphatic rings. The lowest BCUT2D eigenvalue weighted by molar-refractivity contribution is -0.0465. The molecule has 0 bridgehead atoms. The fourth-order valence-corrected chi connectivity index (χ4v) is 3.60. The number of hydrogen-bond donors (Lipinski definition) is 0. The van der Waals surface area contributed by atoms with Gasteiger partial charge in [-0.05, 0) is 37.5 Å². The first-order valence-corrected chi connectivity index (χ1v) is 7.61. The lowest BCUT2D eigenvalue weighted by atomic mass is 9.86. The van der Waals surface area contributed by atoms with Crippen molar-refractivity contribution in [3.63, 3.8) is 0 Å². The minimum atomic E-state index is 0.189. The topological polar surface area (TPSA) is 9.23 Å². The standard InChI is InChI=1S/C14H23BrO/c1-3-13(2,11-15)10-12-6-9-14(16-12)7-4-5-8-14/h3,12H,1,4-11H2,2H3. The van der Waals surface area contributed by atoms with Crippen LogP contribution < -0.4 is 0 Å². The van der Waals surface area contributed by atoms with Crippen molar-refractivity contribution in [2.75, 3.05) is 5.33 Å². The largest absolute Gasteiger partial charge is 0.372 e. The summed E-state index contributed by atoms with van der Waals surface area (Å²) < 4.78 is 6.34. The molecule has 0 amide bonds. The van der Waals surface area contributed by atoms with Crippen LogP contribution in [0.2, 0.25) is 0 Å². The Balaban J connectivity index is 1.91. The second-order valence-corrected chi connectivity index (χ2v) is 6.43. The maximum atomic E-state index is 6.34. The SMILES string of the molecule is C=CC(C)(CBr)CC1CCC2(CCCC2)O1. The van der Waals surface area contributed by atoms with Crippen LogP contribution in [0.5, 0.6) is 0 Å². The lowest BCUT2D eigenvalue weighted by Gasteiger charge is -2.29. The van der Waals surface area contributed by atoms with E-state index in [0.717, 1.165) is 11.8 Å². The van der Waals surface area contributed by atoms with Gasteiger partial charge in [0.1, 0.15) is 0 Å². The molecule has 1 heterocycles. The van der Waals surface area contributed by atoms with Crippen LogP contribution in [-0.2, 0) is 4.74 Å². The molecule has 2 heteroatoms. The van der Waals surface area contributed by atoms with Gasteiger partial charge in [0.15, 0.2) is 0 Å². The first kappa shape index (κ1) is 12.6. The first-order valence-electron chi connectivity index (χ1n) is 6.49. The van der Waals surface area contributed by atoms with Crippen molar-refractivity contribution >= 4 is 15.9 Å². The van der Waals surface area contributed by atoms with Crippen LogP contribution in [-0.4, -0.2) is 17.0 Å². The van der Waals surface area contributed by atoms with Crippen LogP contribution in [0.1, 0.15) is 51.9 Å². The van der Waals surface area contributed by atoms with Gasteiger partial charge in [0.25, 0.3) is 0 Å². The van der Waals surface area contributed by atoms with Gasteiger partial charge in [0.05, 0.1) is 11.7 Å². The molecule has 1 nitrogen and oxygen atoms in total. The summed E-state index contributed by atoms with van der Waals surface area (Å²) >= 11 is 3.59. The highest BCUT2D eigenvalue weighted by Crippen LogP contribution is 2.45. The maximum absolute atomic E-state index is 6.34. The van der Waals surface area contributed by atoms with E-state index in [1.807, 2.05) is 0 Å². The van der Waals surface area contributed by atoms with E-state index in [1.165, 1.54) is 38.5 Å². The van der Waals surface area contributed by atoms with Crippen LogP contribution in [0.3, 0.4) is 0 Å². The van der Waals surface area contributed by atoms with Gasteiger partial charge >= 0.3 is 0 Å². The Bertz CT molecular complexity index is 257. The molecule has 0 N–H and O–H groups in total. The van der Waals surface area contributed by atoms with Crippen LogP contribution in [0.15, 0.2) is 12.7 Å². The average Bonchev–Trinajstić information content (AvgIpc) is 2.90. The molecule has 2 unspecified atom stereocenters. The molecular weight excluding hydrogens is 264 g/mol. The zero-order chi connectivity index (χ0) is 11.6. The summed E-state index contributed by atoms with van der Waals surface area (Å²) in [4.78, 5) is 0. The van der Waals surface area contributed by atoms with Gasteiger partial charge in [-0.2, -0.15) is 0 Å². The van der Waals surface area contributed by atoms with Crippen LogP contribution in [0.25, 0.3) is 0 Å². The van der Waals surface area contributed by atoms with Gasteiger partial charge in [-0.1, -0.05) is 41.8 Å². The van der Waals surface area contributed by atoms with Crippen molar-refractivity contribution in [3.8, 4) is 0 Å². The second kappa shape index (κ2) is 4.81. The normalized spacial score (nSPS) is 31.8. The van der Waals surface area contributed by atoms with Gasteiger partial charge in [-0.3, -0.25) is 0 Å². The van der Waals surface area contributed by atoms with E-state index in [4.69, 9.17) is 4.74 Å². The van der Waals surface area contributed by atoms with E-state index in [0.29, 0.717) is 6.10 Å². The Morgan fingerprint density at radius 1 is 1.44 bits per heavy atom. The molecule has 2 atom stereocenters. The molecule has 1 saturated carbocycles. The molecule has 0 aromatic heterocycles. The van der Waals surface area contributed by atoms with Gasteiger partial charge in [0, 0.05) is 5.33 Å². The number of ether oxygens (including phenoxy) is 1. The van der Waals surface area contributed by atoms with Crippen molar-refractivity contribution in [3.05, 3.63) is 12.7 Å². The third-order valence-corrected chi connectivity index (χ3v) is 5.63. The predicted octanol–water partition coefficient (Wildman–Crippen LogP) is 4.46. The summed E-state index contributed by atoms with van der Waals surface area (Å²) in [6.07, 6.45) is 11.5. The molecule has 92 valence electrons. The molecular formula is C14H23BrO. The molecule has 0 aromatic carbocycles. The highest BCUT2D eigenvalue weighted by Gasteiger charge is 2.43. The van der Waals surface area contributed by atoms with Gasteiger partial charge in [0.2, 0.25) is 0 Å². The first-order chi connectivity index (χ1) is 7.61. The number of halogens is 1. The Labute approximate surface area is 108 Å². The van der Waals surface area contributed by atoms with E-state index in [-0.39, 0.29) is 11.0 Å². The fraction of sp³-hybridized carbons (Fsp3) is 0.857. The highest BCUT2D eigenvalue weighted by molar-refractivity contribution is 9.09. The minimum Gasteiger partial charge on any atom is -0.372 e. The second-order valence-electron chi connectivity index (χ2n) is 5.86. The van der Waals surface area contributed by atoms with Gasteiger partial charge in [-0.25, -0.2) is 0 Å². The smallest absolute Gasteiger partial charge is 0.0687 e. The molecule has 0 radical (unpaired) electrons. The Kier molecular flexibility index (Phi) is 3.80. The molecule has 1 saturated heterocycles. The summed E-state index contributed by atoms with van der Waals surface area (Å²) in [6.45, 7) is 6.21. The average molecular weight is 287 g/mol. The van der Waals surface area contributed by atoms with Crippen LogP contribution in [0.4, 0.5) is 0 Å². The molecule has 0 aromatic rings. The summed E-state index contributed by atoms with van der Waals surface area (Å²) in [7, 11) is 0. The summed E-state index contributed by atoms with van der Waals surface area (Å²) in [5, 5.41) is 0.982. The lowest BCUT2D eigenvalue weighted by Crippen LogP contribution is -2.28. The van der Waals surface area contributed by atoms with E-state index in [9.17, 15) is 0 Å². The minimum absolute atomic E-state index is 0.189. The summed E-state index contributed by atoms with van der Waals surface area (Å²) in [5.41, 5.74) is 0.466. The molecule has 1 spiro atoms. The summed E-state index contributed by atoms with van der Waals surface area (Å²) in [6, 6.07) is 0. The number of rotatable bonds is 4. The monoisotopic (exact) mass is 286 g/mol. The quantitative estimate of drug-likeness (QED) is 0.548. The Hall–Kier alpha value is 0.180. The molecule has 2 rings (SSSR count). The highest BCUT2D eigenvalue weighted by atomic mass is 79.9. The number of alkyl halides is 1. The Morgan fingerprint density at radius 3 is 2.69 bits per heavy atom. The number of hydrogen-bond acceptors (Lipinski definition) is 1. The zero-order valence-corrected chi connectivity index (χ0v) is 11.9. The molecule has 1 aliphatic carbocycles. The summed E-state index contributed by atoms with van der Waals surface area (Å²) in [5.74, 6) is 0. The van der Waals surface area contributed by atoms with Crippen molar-refractivity contribution in [1.82, 2.24) is 0 Å². The zero-order valence-electron chi connectivity index (χ0n) is 10.3. The van der Waals surface area contributed by atoms with Crippen molar-refractivity contribution in [2.45, 2.75) is 63.6 Å². The van der Waals surface area contributed by atoms with Gasteiger partial charge < -0.3 is 4.74 Å². The van der Waals surface area contributed by atoms with Crippen molar-refractivity contribution in [2.24, 2.45) is 5.41 Å². The van der Waals surface area contributed by atoms with Crippen molar-refractivity contribution in [1.29, 1.82) is 0 Å². The fourth-order valence-electron chi connectivity index (χ4n) is 3.14. The van der Waals surface area contributed by atoms with E-state index < -0.39 is 0 Å². The predicted molar refractivity (Wildman–Crippen MR) is 72.0 cm³/mol. The van der Waals surface area contributed by atoms with E-state index in [2.05, 4.69) is 35.5 Å². The van der Waals surface area contributed by atoms with Gasteiger partial charge in [-0.15, -0.1) is 6.58 Å². The molecule has 16 heavy (non-hydrogen) atoms. The van der Waals surface area contributed by atoms with Crippen molar-refractivity contribution < 1.29 is 4.74 Å². The van der Waals surface area contributed by atoms with E-state index in [1.54, 1.807) is 0 Å². The Morgan fingerprint density at radius 2 is 2.12 bits per heavy atom.